The van der Waals surface area contributed by atoms with Crippen molar-refractivity contribution in [3.05, 3.63) is 258 Å². The predicted molar refractivity (Wildman–Crippen MR) is 273 cm³/mol. The molecule has 0 saturated carbocycles. The number of anilines is 3. The zero-order chi connectivity index (χ0) is 43.0. The molecule has 3 aliphatic rings. The summed E-state index contributed by atoms with van der Waals surface area (Å²) < 4.78 is 0. The second kappa shape index (κ2) is 13.3. The molecule has 1 heteroatoms. The van der Waals surface area contributed by atoms with E-state index in [1.54, 1.807) is 0 Å². The summed E-state index contributed by atoms with van der Waals surface area (Å²) in [5.41, 5.74) is 21.0. The van der Waals surface area contributed by atoms with Crippen LogP contribution in [0.25, 0.3) is 76.8 Å². The first-order valence-electron chi connectivity index (χ1n) is 22.9. The summed E-state index contributed by atoms with van der Waals surface area (Å²) >= 11 is 0. The first-order valence-corrected chi connectivity index (χ1v) is 22.9. The van der Waals surface area contributed by atoms with E-state index in [-0.39, 0.29) is 5.41 Å². The Morgan fingerprint density at radius 2 is 0.846 bits per heavy atom. The van der Waals surface area contributed by atoms with E-state index in [9.17, 15) is 0 Å². The number of fused-ring (bicyclic) bond motifs is 12. The van der Waals surface area contributed by atoms with Gasteiger partial charge >= 0.3 is 0 Å². The van der Waals surface area contributed by atoms with Crippen molar-refractivity contribution < 1.29 is 0 Å². The van der Waals surface area contributed by atoms with Crippen LogP contribution in [0.2, 0.25) is 0 Å². The Kier molecular flexibility index (Phi) is 7.45. The minimum atomic E-state index is -0.608. The van der Waals surface area contributed by atoms with Crippen LogP contribution in [0.3, 0.4) is 0 Å². The van der Waals surface area contributed by atoms with Crippen molar-refractivity contribution >= 4 is 49.4 Å². The van der Waals surface area contributed by atoms with Crippen LogP contribution < -0.4 is 4.90 Å². The molecule has 1 spiro atoms. The molecule has 14 rings (SSSR count). The molecule has 0 aromatic heterocycles. The smallest absolute Gasteiger partial charge is 0.0726 e. The molecule has 304 valence electrons. The van der Waals surface area contributed by atoms with Gasteiger partial charge in [-0.15, -0.1) is 0 Å². The molecule has 0 radical (unpaired) electrons. The third-order valence-electron chi connectivity index (χ3n) is 15.2. The van der Waals surface area contributed by atoms with E-state index in [4.69, 9.17) is 0 Å². The van der Waals surface area contributed by atoms with Gasteiger partial charge in [0.1, 0.15) is 0 Å². The molecule has 3 aliphatic carbocycles. The Labute approximate surface area is 379 Å². The number of benzene rings is 11. The lowest BCUT2D eigenvalue weighted by molar-refractivity contribution is 0.660. The molecule has 11 aromatic carbocycles. The third kappa shape index (κ3) is 4.82. The highest BCUT2D eigenvalue weighted by atomic mass is 15.1. The summed E-state index contributed by atoms with van der Waals surface area (Å²) in [4.78, 5) is 2.55. The summed E-state index contributed by atoms with van der Waals surface area (Å²) in [6, 6.07) is 84.9. The van der Waals surface area contributed by atoms with Crippen LogP contribution in [-0.2, 0) is 10.8 Å². The Morgan fingerprint density at radius 3 is 1.71 bits per heavy atom. The quantitative estimate of drug-likeness (QED) is 0.171. The monoisotopic (exact) mass is 825 g/mol. The van der Waals surface area contributed by atoms with E-state index >= 15 is 0 Å². The number of hydrogen-bond donors (Lipinski definition) is 0. The lowest BCUT2D eigenvalue weighted by atomic mass is 9.55. The molecule has 1 unspecified atom stereocenters. The minimum Gasteiger partial charge on any atom is -0.309 e. The van der Waals surface area contributed by atoms with E-state index < -0.39 is 5.41 Å². The SMILES string of the molecule is CC1(C)c2ccccc2-c2ccc(N(c3cccc4ccccc34)c3ccc4c5c(cccc35)C3(c5ccccc5-c5cccc6cccc3c56)c3cc(-c5ccccc5)ccc3-4)cc21. The van der Waals surface area contributed by atoms with Gasteiger partial charge in [-0.1, -0.05) is 208 Å². The normalized spacial score (nSPS) is 15.7. The van der Waals surface area contributed by atoms with Gasteiger partial charge < -0.3 is 4.90 Å². The van der Waals surface area contributed by atoms with E-state index in [1.165, 1.54) is 110 Å². The minimum absolute atomic E-state index is 0.146. The van der Waals surface area contributed by atoms with Gasteiger partial charge in [-0.25, -0.2) is 0 Å². The topological polar surface area (TPSA) is 3.24 Å². The predicted octanol–water partition coefficient (Wildman–Crippen LogP) is 16.9. The van der Waals surface area contributed by atoms with Crippen LogP contribution in [-0.4, -0.2) is 0 Å². The molecule has 0 fully saturated rings. The summed E-state index contributed by atoms with van der Waals surface area (Å²) in [7, 11) is 0. The van der Waals surface area contributed by atoms with E-state index in [2.05, 4.69) is 243 Å². The van der Waals surface area contributed by atoms with E-state index in [0.717, 1.165) is 17.1 Å². The third-order valence-corrected chi connectivity index (χ3v) is 15.2. The molecule has 1 atom stereocenters. The van der Waals surface area contributed by atoms with Crippen LogP contribution in [0.5, 0.6) is 0 Å². The lowest BCUT2D eigenvalue weighted by Gasteiger charge is -2.46. The number of rotatable bonds is 4. The molecule has 0 heterocycles. The van der Waals surface area contributed by atoms with Crippen LogP contribution in [0, 0.1) is 0 Å². The Balaban J connectivity index is 1.11. The highest BCUT2D eigenvalue weighted by molar-refractivity contribution is 6.15. The van der Waals surface area contributed by atoms with E-state index in [1.807, 2.05) is 0 Å². The molecule has 11 aromatic rings. The lowest BCUT2D eigenvalue weighted by Crippen LogP contribution is -2.36. The molecule has 0 saturated heterocycles. The van der Waals surface area contributed by atoms with Crippen molar-refractivity contribution in [3.8, 4) is 44.5 Å². The highest BCUT2D eigenvalue weighted by Gasteiger charge is 2.49. The molecule has 0 amide bonds. The van der Waals surface area contributed by atoms with E-state index in [0.29, 0.717) is 0 Å². The molecule has 0 N–H and O–H groups in total. The molecule has 65 heavy (non-hydrogen) atoms. The van der Waals surface area contributed by atoms with Gasteiger partial charge in [-0.05, 0) is 130 Å². The molecule has 1 nitrogen and oxygen atoms in total. The van der Waals surface area contributed by atoms with Gasteiger partial charge in [0.2, 0.25) is 0 Å². The van der Waals surface area contributed by atoms with Gasteiger partial charge in [0, 0.05) is 21.9 Å². The van der Waals surface area contributed by atoms with Gasteiger partial charge in [0.15, 0.2) is 0 Å². The maximum atomic E-state index is 2.55. The number of nitrogens with zero attached hydrogens (tertiary/aromatic N) is 1. The number of hydrogen-bond acceptors (Lipinski definition) is 1. The van der Waals surface area contributed by atoms with Gasteiger partial charge in [-0.3, -0.25) is 0 Å². The first kappa shape index (κ1) is 36.5. The fourth-order valence-electron chi connectivity index (χ4n) is 12.5. The largest absolute Gasteiger partial charge is 0.309 e. The second-order valence-electron chi connectivity index (χ2n) is 18.7. The van der Waals surface area contributed by atoms with Gasteiger partial charge in [0.25, 0.3) is 0 Å². The molecular formula is C64H43N. The fraction of sp³-hybridized carbons (Fsp3) is 0.0625. The average molecular weight is 826 g/mol. The first-order chi connectivity index (χ1) is 32.0. The van der Waals surface area contributed by atoms with Gasteiger partial charge in [-0.2, -0.15) is 0 Å². The van der Waals surface area contributed by atoms with Crippen LogP contribution in [0.4, 0.5) is 17.1 Å². The standard InChI is InChI=1S/C64H43N/c1-63(2)53-27-10-8-23-46(53)48-35-33-44(39-57(48)63)65(59-31-14-19-41-18-6-7-22-45(41)59)60-37-36-51-49-34-32-43(40-16-4-3-5-17-40)38-58(49)64(56-30-15-26-52(60)62(51)56)54-28-11-9-24-47(54)50-25-12-20-42-21-13-29-55(64)61(42)50/h3-39H,1-2H3. The van der Waals surface area contributed by atoms with Crippen molar-refractivity contribution in [1.82, 2.24) is 0 Å². The Morgan fingerprint density at radius 1 is 0.308 bits per heavy atom. The zero-order valence-electron chi connectivity index (χ0n) is 36.3. The van der Waals surface area contributed by atoms with Crippen molar-refractivity contribution in [2.45, 2.75) is 24.7 Å². The summed E-state index contributed by atoms with van der Waals surface area (Å²) in [5.74, 6) is 0. The Hall–Kier alpha value is -8.00. The van der Waals surface area contributed by atoms with Crippen LogP contribution >= 0.6 is 0 Å². The second-order valence-corrected chi connectivity index (χ2v) is 18.7. The Bertz CT molecular complexity index is 3810. The van der Waals surface area contributed by atoms with Crippen molar-refractivity contribution in [2.24, 2.45) is 0 Å². The van der Waals surface area contributed by atoms with Crippen LogP contribution in [0.1, 0.15) is 47.2 Å². The maximum absolute atomic E-state index is 2.55. The molecule has 0 bridgehead atoms. The highest BCUT2D eigenvalue weighted by Crippen LogP contribution is 2.62. The maximum Gasteiger partial charge on any atom is 0.0726 e. The average Bonchev–Trinajstić information content (AvgIpc) is 3.59. The van der Waals surface area contributed by atoms with Crippen molar-refractivity contribution in [3.63, 3.8) is 0 Å². The van der Waals surface area contributed by atoms with Crippen LogP contribution in [0.15, 0.2) is 224 Å². The molecule has 0 aliphatic heterocycles. The van der Waals surface area contributed by atoms with Crippen molar-refractivity contribution in [1.29, 1.82) is 0 Å². The summed E-state index contributed by atoms with van der Waals surface area (Å²) in [5, 5.41) is 7.58. The summed E-state index contributed by atoms with van der Waals surface area (Å²) in [6.45, 7) is 4.76. The van der Waals surface area contributed by atoms with Crippen molar-refractivity contribution in [2.75, 3.05) is 4.90 Å². The van der Waals surface area contributed by atoms with Gasteiger partial charge in [0.05, 0.1) is 16.8 Å². The summed E-state index contributed by atoms with van der Waals surface area (Å²) in [6.07, 6.45) is 0. The molecular weight excluding hydrogens is 783 g/mol. The fourth-order valence-corrected chi connectivity index (χ4v) is 12.5. The zero-order valence-corrected chi connectivity index (χ0v) is 36.3.